The minimum absolute atomic E-state index is 0.136. The number of aliphatic hydroxyl groups is 1. The number of ether oxygens (including phenoxy) is 1. The molecule has 1 aliphatic rings. The molecule has 0 aliphatic carbocycles. The Morgan fingerprint density at radius 1 is 1.50 bits per heavy atom. The van der Waals surface area contributed by atoms with Crippen LogP contribution in [0.15, 0.2) is 23.0 Å². The minimum atomic E-state index is -0.856. The predicted octanol–water partition coefficient (Wildman–Crippen LogP) is 1.88. The first-order chi connectivity index (χ1) is 9.27. The summed E-state index contributed by atoms with van der Waals surface area (Å²) in [5.74, 6) is 1.93. The SMILES string of the molecule is C=C1N(c2cc(C(C)(C)C)on2)C(O)[C@@H](OCC)N1C. The molecule has 2 atom stereocenters. The summed E-state index contributed by atoms with van der Waals surface area (Å²) >= 11 is 0. The molecule has 0 bridgehead atoms. The molecule has 6 heteroatoms. The molecule has 0 radical (unpaired) electrons. The molecule has 1 aromatic rings. The van der Waals surface area contributed by atoms with Gasteiger partial charge in [0.1, 0.15) is 11.6 Å². The highest BCUT2D eigenvalue weighted by Crippen LogP contribution is 2.34. The van der Waals surface area contributed by atoms with E-state index < -0.39 is 12.5 Å². The number of likely N-dealkylation sites (N-methyl/N-ethyl adjacent to an activating group) is 1. The Hall–Kier alpha value is -1.53. The first kappa shape index (κ1) is 14.9. The average Bonchev–Trinajstić information content (AvgIpc) is 2.90. The van der Waals surface area contributed by atoms with Crippen LogP contribution in [0.1, 0.15) is 33.5 Å². The normalized spacial score (nSPS) is 23.8. The molecule has 0 aromatic carbocycles. The van der Waals surface area contributed by atoms with Crippen LogP contribution in [0.25, 0.3) is 0 Å². The summed E-state index contributed by atoms with van der Waals surface area (Å²) < 4.78 is 10.9. The molecular weight excluding hydrogens is 258 g/mol. The highest BCUT2D eigenvalue weighted by atomic mass is 16.5. The molecule has 6 nitrogen and oxygen atoms in total. The molecule has 1 fully saturated rings. The maximum Gasteiger partial charge on any atom is 0.180 e. The smallest absolute Gasteiger partial charge is 0.180 e. The lowest BCUT2D eigenvalue weighted by Crippen LogP contribution is -2.38. The van der Waals surface area contributed by atoms with Crippen molar-refractivity contribution in [2.24, 2.45) is 0 Å². The van der Waals surface area contributed by atoms with Gasteiger partial charge in [-0.2, -0.15) is 0 Å². The monoisotopic (exact) mass is 281 g/mol. The first-order valence-corrected chi connectivity index (χ1v) is 6.75. The Balaban J connectivity index is 2.28. The molecule has 2 heterocycles. The lowest BCUT2D eigenvalue weighted by molar-refractivity contribution is -0.0708. The van der Waals surface area contributed by atoms with Crippen LogP contribution < -0.4 is 4.90 Å². The van der Waals surface area contributed by atoms with E-state index in [9.17, 15) is 5.11 Å². The van der Waals surface area contributed by atoms with Crippen LogP contribution in [0.2, 0.25) is 0 Å². The van der Waals surface area contributed by atoms with E-state index >= 15 is 0 Å². The van der Waals surface area contributed by atoms with Crippen LogP contribution in [0.5, 0.6) is 0 Å². The van der Waals surface area contributed by atoms with Gasteiger partial charge in [0.05, 0.1) is 0 Å². The van der Waals surface area contributed by atoms with Gasteiger partial charge in [-0.15, -0.1) is 0 Å². The first-order valence-electron chi connectivity index (χ1n) is 6.75. The fraction of sp³-hybridized carbons (Fsp3) is 0.643. The van der Waals surface area contributed by atoms with Crippen molar-refractivity contribution in [3.8, 4) is 0 Å². The number of hydrogen-bond acceptors (Lipinski definition) is 6. The maximum absolute atomic E-state index is 10.4. The van der Waals surface area contributed by atoms with Crippen molar-refractivity contribution >= 4 is 5.82 Å². The fourth-order valence-corrected chi connectivity index (χ4v) is 2.17. The molecule has 20 heavy (non-hydrogen) atoms. The third kappa shape index (κ3) is 2.41. The quantitative estimate of drug-likeness (QED) is 0.912. The van der Waals surface area contributed by atoms with Crippen LogP contribution in [0, 0.1) is 0 Å². The number of rotatable bonds is 3. The highest BCUT2D eigenvalue weighted by molar-refractivity contribution is 5.48. The summed E-state index contributed by atoms with van der Waals surface area (Å²) in [6, 6.07) is 1.83. The average molecular weight is 281 g/mol. The van der Waals surface area contributed by atoms with Gasteiger partial charge in [0.25, 0.3) is 0 Å². The second-order valence-electron chi connectivity index (χ2n) is 5.96. The number of aliphatic hydroxyl groups excluding tert-OH is 1. The van der Waals surface area contributed by atoms with Crippen molar-refractivity contribution in [3.05, 3.63) is 24.2 Å². The van der Waals surface area contributed by atoms with Gasteiger partial charge in [-0.1, -0.05) is 32.5 Å². The van der Waals surface area contributed by atoms with Crippen molar-refractivity contribution in [3.63, 3.8) is 0 Å². The lowest BCUT2D eigenvalue weighted by atomic mass is 9.93. The molecule has 1 N–H and O–H groups in total. The molecule has 0 spiro atoms. The van der Waals surface area contributed by atoms with Crippen molar-refractivity contribution in [1.29, 1.82) is 0 Å². The van der Waals surface area contributed by atoms with E-state index in [0.29, 0.717) is 18.2 Å². The summed E-state index contributed by atoms with van der Waals surface area (Å²) in [7, 11) is 1.83. The van der Waals surface area contributed by atoms with Crippen molar-refractivity contribution < 1.29 is 14.4 Å². The van der Waals surface area contributed by atoms with Gasteiger partial charge < -0.3 is 19.3 Å². The molecule has 1 saturated heterocycles. The van der Waals surface area contributed by atoms with E-state index in [0.717, 1.165) is 5.76 Å². The summed E-state index contributed by atoms with van der Waals surface area (Å²) in [5.41, 5.74) is -0.136. The van der Waals surface area contributed by atoms with Crippen LogP contribution >= 0.6 is 0 Å². The van der Waals surface area contributed by atoms with E-state index in [4.69, 9.17) is 9.26 Å². The van der Waals surface area contributed by atoms with Crippen molar-refractivity contribution in [2.45, 2.75) is 45.6 Å². The number of anilines is 1. The number of nitrogens with zero attached hydrogens (tertiary/aromatic N) is 3. The van der Waals surface area contributed by atoms with E-state index in [1.165, 1.54) is 0 Å². The highest BCUT2D eigenvalue weighted by Gasteiger charge is 2.42. The molecule has 0 saturated carbocycles. The van der Waals surface area contributed by atoms with E-state index in [2.05, 4.69) is 11.7 Å². The zero-order valence-electron chi connectivity index (χ0n) is 12.8. The second-order valence-corrected chi connectivity index (χ2v) is 5.96. The molecule has 0 amide bonds. The maximum atomic E-state index is 10.4. The van der Waals surface area contributed by atoms with E-state index in [-0.39, 0.29) is 5.41 Å². The van der Waals surface area contributed by atoms with Crippen molar-refractivity contribution in [1.82, 2.24) is 10.1 Å². The van der Waals surface area contributed by atoms with Gasteiger partial charge in [0.15, 0.2) is 18.3 Å². The van der Waals surface area contributed by atoms with E-state index in [1.54, 1.807) is 9.80 Å². The van der Waals surface area contributed by atoms with Crippen LogP contribution in [0.4, 0.5) is 5.82 Å². The molecule has 2 rings (SSSR count). The number of hydrogen-bond donors (Lipinski definition) is 1. The molecule has 1 aliphatic heterocycles. The standard InChI is InChI=1S/C14H23N3O3/c1-7-19-13-12(18)17(9(2)16(13)6)11-8-10(20-15-11)14(3,4)5/h8,12-13,18H,2,7H2,1,3-6H3/t12?,13-/m1/s1. The summed E-state index contributed by atoms with van der Waals surface area (Å²) in [6.45, 7) is 12.5. The zero-order chi connectivity index (χ0) is 15.1. The fourth-order valence-electron chi connectivity index (χ4n) is 2.17. The molecular formula is C14H23N3O3. The third-order valence-corrected chi connectivity index (χ3v) is 3.41. The minimum Gasteiger partial charge on any atom is -0.369 e. The Labute approximate surface area is 119 Å². The Morgan fingerprint density at radius 2 is 2.15 bits per heavy atom. The van der Waals surface area contributed by atoms with Gasteiger partial charge in [0.2, 0.25) is 0 Å². The summed E-state index contributed by atoms with van der Waals surface area (Å²) in [4.78, 5) is 3.42. The Morgan fingerprint density at radius 3 is 2.65 bits per heavy atom. The van der Waals surface area contributed by atoms with E-state index in [1.807, 2.05) is 40.8 Å². The van der Waals surface area contributed by atoms with Crippen LogP contribution in [-0.4, -0.2) is 41.3 Å². The van der Waals surface area contributed by atoms with Gasteiger partial charge in [-0.3, -0.25) is 4.90 Å². The van der Waals surface area contributed by atoms with Gasteiger partial charge >= 0.3 is 0 Å². The van der Waals surface area contributed by atoms with Crippen LogP contribution in [-0.2, 0) is 10.2 Å². The summed E-state index contributed by atoms with van der Waals surface area (Å²) in [6.07, 6.45) is -1.31. The topological polar surface area (TPSA) is 62.0 Å². The van der Waals surface area contributed by atoms with Crippen LogP contribution in [0.3, 0.4) is 0 Å². The number of aromatic nitrogens is 1. The second kappa shape index (κ2) is 5.10. The zero-order valence-corrected chi connectivity index (χ0v) is 12.8. The van der Waals surface area contributed by atoms with Gasteiger partial charge in [0, 0.05) is 25.1 Å². The van der Waals surface area contributed by atoms with Gasteiger partial charge in [-0.25, -0.2) is 0 Å². The molecule has 112 valence electrons. The lowest BCUT2D eigenvalue weighted by Gasteiger charge is -2.21. The van der Waals surface area contributed by atoms with Crippen molar-refractivity contribution in [2.75, 3.05) is 18.6 Å². The Bertz CT molecular complexity index is 492. The van der Waals surface area contributed by atoms with Gasteiger partial charge in [-0.05, 0) is 6.92 Å². The molecule has 1 aromatic heterocycles. The third-order valence-electron chi connectivity index (χ3n) is 3.41. The molecule has 1 unspecified atom stereocenters. The predicted molar refractivity (Wildman–Crippen MR) is 76.0 cm³/mol. The Kier molecular flexibility index (Phi) is 3.80. The summed E-state index contributed by atoms with van der Waals surface area (Å²) in [5, 5.41) is 14.4. The largest absolute Gasteiger partial charge is 0.369 e.